The van der Waals surface area contributed by atoms with Crippen molar-refractivity contribution in [1.29, 1.82) is 0 Å². The van der Waals surface area contributed by atoms with Crippen molar-refractivity contribution in [3.63, 3.8) is 0 Å². The van der Waals surface area contributed by atoms with Crippen LogP contribution in [-0.2, 0) is 4.74 Å². The lowest BCUT2D eigenvalue weighted by molar-refractivity contribution is 0.0383. The van der Waals surface area contributed by atoms with Crippen molar-refractivity contribution in [3.05, 3.63) is 40.8 Å². The summed E-state index contributed by atoms with van der Waals surface area (Å²) in [6.07, 6.45) is 0. The molecule has 0 atom stereocenters. The molecule has 3 rings (SSSR count). The van der Waals surface area contributed by atoms with Crippen molar-refractivity contribution in [1.82, 2.24) is 15.2 Å². The Balaban J connectivity index is 1.68. The number of carbonyl (C=O) groups is 1. The van der Waals surface area contributed by atoms with E-state index in [2.05, 4.69) is 15.2 Å². The van der Waals surface area contributed by atoms with Crippen LogP contribution in [0, 0.1) is 12.7 Å². The average molecular weight is 349 g/mol. The molecule has 1 amide bonds. The third-order valence-electron chi connectivity index (χ3n) is 3.88. The normalized spacial score (nSPS) is 15.4. The summed E-state index contributed by atoms with van der Waals surface area (Å²) in [4.78, 5) is 19.6. The van der Waals surface area contributed by atoms with E-state index in [1.165, 1.54) is 17.4 Å². The molecule has 1 N–H and O–H groups in total. The zero-order chi connectivity index (χ0) is 16.9. The van der Waals surface area contributed by atoms with E-state index >= 15 is 0 Å². The first-order valence-electron chi connectivity index (χ1n) is 7.96. The van der Waals surface area contributed by atoms with Gasteiger partial charge >= 0.3 is 0 Å². The van der Waals surface area contributed by atoms with Gasteiger partial charge in [-0.2, -0.15) is 0 Å². The molecule has 0 spiro atoms. The first-order chi connectivity index (χ1) is 11.6. The molecular weight excluding hydrogens is 329 g/mol. The Bertz CT molecular complexity index is 714. The number of benzene rings is 1. The number of hydrogen-bond acceptors (Lipinski definition) is 5. The number of rotatable bonds is 5. The monoisotopic (exact) mass is 349 g/mol. The van der Waals surface area contributed by atoms with E-state index in [0.29, 0.717) is 22.7 Å². The van der Waals surface area contributed by atoms with Crippen LogP contribution in [0.25, 0.3) is 10.4 Å². The highest BCUT2D eigenvalue weighted by molar-refractivity contribution is 7.15. The SMILES string of the molecule is Cc1nc(C(=O)NCCN2CCOCC2)c(-c2ccccc2F)s1. The number of hydrogen-bond donors (Lipinski definition) is 1. The smallest absolute Gasteiger partial charge is 0.271 e. The van der Waals surface area contributed by atoms with Crippen LogP contribution in [-0.4, -0.2) is 55.2 Å². The number of carbonyl (C=O) groups excluding carboxylic acids is 1. The second kappa shape index (κ2) is 7.83. The molecule has 0 unspecified atom stereocenters. The average Bonchev–Trinajstić information content (AvgIpc) is 2.98. The number of nitrogens with zero attached hydrogens (tertiary/aromatic N) is 2. The Morgan fingerprint density at radius 1 is 1.38 bits per heavy atom. The summed E-state index contributed by atoms with van der Waals surface area (Å²) in [5.41, 5.74) is 0.714. The Morgan fingerprint density at radius 3 is 2.88 bits per heavy atom. The second-order valence-electron chi connectivity index (χ2n) is 5.60. The van der Waals surface area contributed by atoms with E-state index < -0.39 is 0 Å². The molecule has 128 valence electrons. The summed E-state index contributed by atoms with van der Waals surface area (Å²) in [6, 6.07) is 6.46. The summed E-state index contributed by atoms with van der Waals surface area (Å²) in [7, 11) is 0. The van der Waals surface area contributed by atoms with Gasteiger partial charge in [0.25, 0.3) is 5.91 Å². The fraction of sp³-hybridized carbons (Fsp3) is 0.412. The van der Waals surface area contributed by atoms with Crippen molar-refractivity contribution in [2.24, 2.45) is 0 Å². The Kier molecular flexibility index (Phi) is 5.55. The van der Waals surface area contributed by atoms with E-state index in [0.717, 1.165) is 37.9 Å². The zero-order valence-corrected chi connectivity index (χ0v) is 14.4. The van der Waals surface area contributed by atoms with Crippen LogP contribution in [0.5, 0.6) is 0 Å². The highest BCUT2D eigenvalue weighted by atomic mass is 32.1. The molecule has 1 aliphatic rings. The minimum atomic E-state index is -0.344. The van der Waals surface area contributed by atoms with Crippen LogP contribution in [0.4, 0.5) is 4.39 Å². The van der Waals surface area contributed by atoms with Gasteiger partial charge in [-0.1, -0.05) is 18.2 Å². The van der Waals surface area contributed by atoms with E-state index in [1.807, 2.05) is 6.92 Å². The summed E-state index contributed by atoms with van der Waals surface area (Å²) in [5.74, 6) is -0.602. The molecule has 1 fully saturated rings. The van der Waals surface area contributed by atoms with Crippen molar-refractivity contribution in [2.45, 2.75) is 6.92 Å². The fourth-order valence-electron chi connectivity index (χ4n) is 2.64. The fourth-order valence-corrected chi connectivity index (χ4v) is 3.59. The van der Waals surface area contributed by atoms with Crippen LogP contribution < -0.4 is 5.32 Å². The standard InChI is InChI=1S/C17H20FN3O2S/c1-12-20-15(16(24-12)13-4-2-3-5-14(13)18)17(22)19-6-7-21-8-10-23-11-9-21/h2-5H,6-11H2,1H3,(H,19,22). The maximum Gasteiger partial charge on any atom is 0.271 e. The van der Waals surface area contributed by atoms with Crippen LogP contribution in [0.1, 0.15) is 15.5 Å². The molecule has 24 heavy (non-hydrogen) atoms. The molecule has 0 bridgehead atoms. The quantitative estimate of drug-likeness (QED) is 0.900. The first kappa shape index (κ1) is 17.0. The molecule has 0 radical (unpaired) electrons. The van der Waals surface area contributed by atoms with Crippen molar-refractivity contribution >= 4 is 17.2 Å². The number of halogens is 1. The van der Waals surface area contributed by atoms with E-state index in [4.69, 9.17) is 4.74 Å². The minimum Gasteiger partial charge on any atom is -0.379 e. The summed E-state index contributed by atoms with van der Waals surface area (Å²) in [6.45, 7) is 6.35. The summed E-state index contributed by atoms with van der Waals surface area (Å²) < 4.78 is 19.4. The number of thiazole rings is 1. The van der Waals surface area contributed by atoms with E-state index in [9.17, 15) is 9.18 Å². The minimum absolute atomic E-state index is 0.258. The van der Waals surface area contributed by atoms with Crippen LogP contribution in [0.15, 0.2) is 24.3 Å². The molecule has 0 aliphatic carbocycles. The molecule has 1 saturated heterocycles. The van der Waals surface area contributed by atoms with Gasteiger partial charge in [0.2, 0.25) is 0 Å². The van der Waals surface area contributed by atoms with Gasteiger partial charge in [-0.15, -0.1) is 11.3 Å². The van der Waals surface area contributed by atoms with E-state index in [1.54, 1.807) is 18.2 Å². The van der Waals surface area contributed by atoms with Gasteiger partial charge in [0.05, 0.1) is 23.1 Å². The lowest BCUT2D eigenvalue weighted by Crippen LogP contribution is -2.41. The molecule has 5 nitrogen and oxygen atoms in total. The maximum atomic E-state index is 14.1. The van der Waals surface area contributed by atoms with Crippen LogP contribution in [0.3, 0.4) is 0 Å². The molecule has 2 aromatic rings. The topological polar surface area (TPSA) is 54.5 Å². The van der Waals surface area contributed by atoms with Gasteiger partial charge in [-0.05, 0) is 13.0 Å². The number of amides is 1. The molecule has 2 heterocycles. The van der Waals surface area contributed by atoms with Crippen LogP contribution in [0.2, 0.25) is 0 Å². The highest BCUT2D eigenvalue weighted by Gasteiger charge is 2.20. The third kappa shape index (κ3) is 3.98. The van der Waals surface area contributed by atoms with Crippen molar-refractivity contribution in [2.75, 3.05) is 39.4 Å². The first-order valence-corrected chi connectivity index (χ1v) is 8.77. The number of ether oxygens (including phenoxy) is 1. The predicted molar refractivity (Wildman–Crippen MR) is 91.8 cm³/mol. The third-order valence-corrected chi connectivity index (χ3v) is 4.89. The molecule has 1 aliphatic heterocycles. The van der Waals surface area contributed by atoms with Crippen molar-refractivity contribution in [3.8, 4) is 10.4 Å². The van der Waals surface area contributed by atoms with Gasteiger partial charge in [0, 0.05) is 31.7 Å². The number of morpholine rings is 1. The van der Waals surface area contributed by atoms with Crippen LogP contribution >= 0.6 is 11.3 Å². The van der Waals surface area contributed by atoms with Crippen molar-refractivity contribution < 1.29 is 13.9 Å². The largest absolute Gasteiger partial charge is 0.379 e. The number of aryl methyl sites for hydroxylation is 1. The molecule has 0 saturated carbocycles. The van der Waals surface area contributed by atoms with Gasteiger partial charge in [0.1, 0.15) is 11.5 Å². The molecule has 1 aromatic heterocycles. The molecule has 1 aromatic carbocycles. The Morgan fingerprint density at radius 2 is 2.12 bits per heavy atom. The maximum absolute atomic E-state index is 14.1. The van der Waals surface area contributed by atoms with Gasteiger partial charge in [0.15, 0.2) is 0 Å². The Hall–Kier alpha value is -1.83. The molecule has 7 heteroatoms. The second-order valence-corrected chi connectivity index (χ2v) is 6.80. The number of aromatic nitrogens is 1. The van der Waals surface area contributed by atoms with E-state index in [-0.39, 0.29) is 11.7 Å². The summed E-state index contributed by atoms with van der Waals surface area (Å²) >= 11 is 1.33. The Labute approximate surface area is 144 Å². The number of nitrogens with one attached hydrogen (secondary N) is 1. The lowest BCUT2D eigenvalue weighted by atomic mass is 10.1. The van der Waals surface area contributed by atoms with Gasteiger partial charge in [-0.3, -0.25) is 9.69 Å². The predicted octanol–water partition coefficient (Wildman–Crippen LogP) is 2.32. The van der Waals surface area contributed by atoms with Gasteiger partial charge in [-0.25, -0.2) is 9.37 Å². The zero-order valence-electron chi connectivity index (χ0n) is 13.5. The highest BCUT2D eigenvalue weighted by Crippen LogP contribution is 2.31. The van der Waals surface area contributed by atoms with Gasteiger partial charge < -0.3 is 10.1 Å². The lowest BCUT2D eigenvalue weighted by Gasteiger charge is -2.26. The summed E-state index contributed by atoms with van der Waals surface area (Å²) in [5, 5.41) is 3.63. The molecular formula is C17H20FN3O2S.